The van der Waals surface area contributed by atoms with E-state index in [1.807, 2.05) is 24.3 Å². The largest absolute Gasteiger partial charge is 0.494 e. The summed E-state index contributed by atoms with van der Waals surface area (Å²) in [5.41, 5.74) is 7.08. The lowest BCUT2D eigenvalue weighted by molar-refractivity contribution is 0.106. The Morgan fingerprint density at radius 1 is 1.21 bits per heavy atom. The first-order valence-corrected chi connectivity index (χ1v) is 11.2. The van der Waals surface area contributed by atoms with Crippen molar-refractivity contribution in [2.75, 3.05) is 50.6 Å². The zero-order chi connectivity index (χ0) is 24.1. The van der Waals surface area contributed by atoms with Crippen LogP contribution in [0.25, 0.3) is 0 Å². The second-order valence-electron chi connectivity index (χ2n) is 8.32. The zero-order valence-electron chi connectivity index (χ0n) is 19.7. The average molecular weight is 459 g/mol. The number of carbonyl (C=O) groups is 1. The molecule has 0 amide bonds. The molecule has 2 heterocycles. The van der Waals surface area contributed by atoms with Gasteiger partial charge in [0.25, 0.3) is 0 Å². The van der Waals surface area contributed by atoms with Crippen molar-refractivity contribution in [3.8, 4) is 5.75 Å². The van der Waals surface area contributed by atoms with Gasteiger partial charge in [-0.15, -0.1) is 0 Å². The van der Waals surface area contributed by atoms with E-state index >= 15 is 0 Å². The van der Waals surface area contributed by atoms with Crippen LogP contribution in [0.5, 0.6) is 5.75 Å². The van der Waals surface area contributed by atoms with E-state index in [4.69, 9.17) is 4.74 Å². The quantitative estimate of drug-likeness (QED) is 0.462. The first-order valence-electron chi connectivity index (χ1n) is 11.2. The van der Waals surface area contributed by atoms with Gasteiger partial charge in [-0.1, -0.05) is 25.3 Å². The summed E-state index contributed by atoms with van der Waals surface area (Å²) in [7, 11) is 3.78. The average Bonchev–Trinajstić information content (AvgIpc) is 3.33. The third-order valence-corrected chi connectivity index (χ3v) is 5.88. The maximum absolute atomic E-state index is 13.0. The van der Waals surface area contributed by atoms with Crippen LogP contribution in [0.15, 0.2) is 77.5 Å². The molecule has 0 aromatic heterocycles. The standard InChI is InChI=1S/C26H30N6O2/c1-5-18(2)27-20-8-6-7-19(15-20)26(33)23-17-25(30-29-23)28-22-10-9-21(16-24(22)34-4)32-13-11-31(3)12-14-32/h5-10,15-16,27H,1-2,11-14,17H2,3-4H3,(H,28,30). The molecular weight excluding hydrogens is 428 g/mol. The van der Waals surface area contributed by atoms with Gasteiger partial charge in [0.2, 0.25) is 5.78 Å². The number of carbonyl (C=O) groups excluding carboxylic acids is 1. The van der Waals surface area contributed by atoms with Gasteiger partial charge in [-0.05, 0) is 37.4 Å². The summed E-state index contributed by atoms with van der Waals surface area (Å²) < 4.78 is 5.61. The summed E-state index contributed by atoms with van der Waals surface area (Å²) >= 11 is 0. The Kier molecular flexibility index (Phi) is 7.08. The third-order valence-electron chi connectivity index (χ3n) is 5.88. The van der Waals surface area contributed by atoms with Crippen LogP contribution >= 0.6 is 0 Å². The number of hydrazone groups is 1. The van der Waals surface area contributed by atoms with Crippen molar-refractivity contribution in [2.45, 2.75) is 6.42 Å². The number of nitrogens with zero attached hydrogens (tertiary/aromatic N) is 4. The number of benzene rings is 2. The Labute approximate surface area is 200 Å². The molecule has 2 aromatic carbocycles. The number of ketones is 1. The number of anilines is 2. The number of allylic oxidation sites excluding steroid dienone is 1. The van der Waals surface area contributed by atoms with Gasteiger partial charge in [0.05, 0.1) is 13.5 Å². The topological polar surface area (TPSA) is 81.6 Å². The molecule has 1 saturated heterocycles. The second-order valence-corrected chi connectivity index (χ2v) is 8.32. The van der Waals surface area contributed by atoms with Gasteiger partial charge in [-0.3, -0.25) is 10.2 Å². The fourth-order valence-corrected chi connectivity index (χ4v) is 3.87. The third kappa shape index (κ3) is 5.35. The molecule has 4 rings (SSSR count). The van der Waals surface area contributed by atoms with E-state index in [1.54, 1.807) is 25.3 Å². The number of Topliss-reactive ketones (excluding diaryl/α,β-unsaturated/α-hetero) is 1. The SMILES string of the molecule is C=CC(=C)Nc1cccc(C(=O)C2=NNC(=Nc3ccc(N4CCN(C)CC4)cc3OC)C2)c1. The van der Waals surface area contributed by atoms with Crippen LogP contribution in [-0.2, 0) is 0 Å². The lowest BCUT2D eigenvalue weighted by atomic mass is 10.0. The fourth-order valence-electron chi connectivity index (χ4n) is 3.87. The number of methoxy groups -OCH3 is 1. The number of hydrogen-bond donors (Lipinski definition) is 2. The molecule has 0 spiro atoms. The highest BCUT2D eigenvalue weighted by Gasteiger charge is 2.23. The van der Waals surface area contributed by atoms with E-state index in [1.165, 1.54) is 0 Å². The number of ether oxygens (including phenoxy) is 1. The summed E-state index contributed by atoms with van der Waals surface area (Å²) in [5.74, 6) is 1.14. The van der Waals surface area contributed by atoms with Gasteiger partial charge in [-0.2, -0.15) is 5.10 Å². The molecule has 2 aliphatic rings. The summed E-state index contributed by atoms with van der Waals surface area (Å²) in [5, 5.41) is 7.33. The van der Waals surface area contributed by atoms with Crippen molar-refractivity contribution < 1.29 is 9.53 Å². The molecule has 0 aliphatic carbocycles. The lowest BCUT2D eigenvalue weighted by Gasteiger charge is -2.34. The van der Waals surface area contributed by atoms with Crippen molar-refractivity contribution in [3.63, 3.8) is 0 Å². The van der Waals surface area contributed by atoms with Crippen LogP contribution in [0.2, 0.25) is 0 Å². The molecule has 34 heavy (non-hydrogen) atoms. The Bertz CT molecular complexity index is 1160. The van der Waals surface area contributed by atoms with Gasteiger partial charge < -0.3 is 19.9 Å². The first kappa shape index (κ1) is 23.3. The molecule has 8 heteroatoms. The molecule has 2 aromatic rings. The molecule has 2 N–H and O–H groups in total. The minimum atomic E-state index is -0.150. The smallest absolute Gasteiger partial charge is 0.209 e. The summed E-state index contributed by atoms with van der Waals surface area (Å²) in [6.07, 6.45) is 1.94. The molecule has 1 fully saturated rings. The monoisotopic (exact) mass is 458 g/mol. The Balaban J connectivity index is 1.45. The minimum absolute atomic E-state index is 0.150. The molecule has 176 valence electrons. The highest BCUT2D eigenvalue weighted by molar-refractivity contribution is 6.49. The Hall–Kier alpha value is -3.91. The van der Waals surface area contributed by atoms with Gasteiger partial charge in [0, 0.05) is 54.9 Å². The van der Waals surface area contributed by atoms with E-state index in [-0.39, 0.29) is 5.78 Å². The lowest BCUT2D eigenvalue weighted by Crippen LogP contribution is -2.44. The van der Waals surface area contributed by atoms with Crippen LogP contribution in [0.3, 0.4) is 0 Å². The molecule has 0 saturated carbocycles. The van der Waals surface area contributed by atoms with Crippen molar-refractivity contribution in [3.05, 3.63) is 73.0 Å². The van der Waals surface area contributed by atoms with Crippen LogP contribution in [0.1, 0.15) is 16.8 Å². The number of piperazine rings is 1. The maximum Gasteiger partial charge on any atom is 0.209 e. The highest BCUT2D eigenvalue weighted by Crippen LogP contribution is 2.33. The Morgan fingerprint density at radius 3 is 2.74 bits per heavy atom. The number of nitrogens with one attached hydrogen (secondary N) is 2. The summed E-state index contributed by atoms with van der Waals surface area (Å²) in [4.78, 5) is 22.3. The van der Waals surface area contributed by atoms with Crippen molar-refractivity contribution in [2.24, 2.45) is 10.1 Å². The van der Waals surface area contributed by atoms with Crippen LogP contribution in [0.4, 0.5) is 17.1 Å². The van der Waals surface area contributed by atoms with Gasteiger partial charge in [0.15, 0.2) is 0 Å². The molecule has 0 unspecified atom stereocenters. The van der Waals surface area contributed by atoms with E-state index in [0.29, 0.717) is 40.7 Å². The van der Waals surface area contributed by atoms with Gasteiger partial charge >= 0.3 is 0 Å². The molecule has 2 aliphatic heterocycles. The van der Waals surface area contributed by atoms with Crippen LogP contribution in [-0.4, -0.2) is 62.6 Å². The van der Waals surface area contributed by atoms with Crippen LogP contribution < -0.4 is 20.4 Å². The number of aliphatic imine (C=N–C) groups is 1. The molecule has 0 atom stereocenters. The number of rotatable bonds is 8. The molecule has 0 radical (unpaired) electrons. The number of likely N-dealkylation sites (N-methyl/N-ethyl adjacent to an activating group) is 1. The minimum Gasteiger partial charge on any atom is -0.494 e. The van der Waals surface area contributed by atoms with Crippen molar-refractivity contribution in [1.82, 2.24) is 10.3 Å². The van der Waals surface area contributed by atoms with Gasteiger partial charge in [-0.25, -0.2) is 4.99 Å². The maximum atomic E-state index is 13.0. The normalized spacial score (nSPS) is 17.2. The van der Waals surface area contributed by atoms with Crippen molar-refractivity contribution >= 4 is 34.4 Å². The molecule has 0 bridgehead atoms. The molecule has 8 nitrogen and oxygen atoms in total. The van der Waals surface area contributed by atoms with Crippen LogP contribution in [0, 0.1) is 0 Å². The number of amidine groups is 1. The van der Waals surface area contributed by atoms with E-state index in [2.05, 4.69) is 56.9 Å². The van der Waals surface area contributed by atoms with Gasteiger partial charge in [0.1, 0.15) is 23.0 Å². The summed E-state index contributed by atoms with van der Waals surface area (Å²) in [6, 6.07) is 13.2. The second kappa shape index (κ2) is 10.4. The van der Waals surface area contributed by atoms with E-state index in [0.717, 1.165) is 37.6 Å². The fraction of sp³-hybridized carbons (Fsp3) is 0.269. The van der Waals surface area contributed by atoms with Crippen molar-refractivity contribution in [1.29, 1.82) is 0 Å². The Morgan fingerprint density at radius 2 is 2.00 bits per heavy atom. The predicted octanol–water partition coefficient (Wildman–Crippen LogP) is 3.82. The predicted molar refractivity (Wildman–Crippen MR) is 139 cm³/mol. The zero-order valence-corrected chi connectivity index (χ0v) is 19.7. The number of hydrogen-bond acceptors (Lipinski definition) is 7. The van der Waals surface area contributed by atoms with E-state index < -0.39 is 0 Å². The molecular formula is C26H30N6O2. The highest BCUT2D eigenvalue weighted by atomic mass is 16.5. The van der Waals surface area contributed by atoms with E-state index in [9.17, 15) is 4.79 Å². The first-order chi connectivity index (χ1) is 16.5. The summed E-state index contributed by atoms with van der Waals surface area (Å²) in [6.45, 7) is 11.5.